The maximum atomic E-state index is 6.74. The molecule has 1 aromatic rings. The molecule has 1 nitrogen and oxygen atoms in total. The van der Waals surface area contributed by atoms with Gasteiger partial charge in [0.2, 0.25) is 0 Å². The molecule has 0 saturated carbocycles. The second-order valence-electron chi connectivity index (χ2n) is 3.19. The van der Waals surface area contributed by atoms with Gasteiger partial charge in [0.05, 0.1) is 6.57 Å². The quantitative estimate of drug-likeness (QED) is 0.485. The van der Waals surface area contributed by atoms with Crippen LogP contribution in [0.15, 0.2) is 42.1 Å². The minimum atomic E-state index is 0.702. The molecule has 0 bridgehead atoms. The van der Waals surface area contributed by atoms with Crippen molar-refractivity contribution in [2.75, 3.05) is 0 Å². The fourth-order valence-electron chi connectivity index (χ4n) is 1.01. The fraction of sp³-hybridized carbons (Fsp3) is 0.154. The molecule has 0 atom stereocenters. The number of benzene rings is 1. The molecule has 0 fully saturated rings. The first-order valence-corrected chi connectivity index (χ1v) is 4.51. The van der Waals surface area contributed by atoms with E-state index in [2.05, 4.69) is 36.0 Å². The van der Waals surface area contributed by atoms with Crippen LogP contribution >= 0.6 is 0 Å². The van der Waals surface area contributed by atoms with Crippen molar-refractivity contribution in [1.29, 1.82) is 0 Å². The van der Waals surface area contributed by atoms with E-state index in [1.54, 1.807) is 6.92 Å². The van der Waals surface area contributed by atoms with E-state index in [4.69, 9.17) is 6.57 Å². The maximum Gasteiger partial charge on any atom is 0.162 e. The van der Waals surface area contributed by atoms with E-state index < -0.39 is 0 Å². The summed E-state index contributed by atoms with van der Waals surface area (Å²) in [6, 6.07) is 8.27. The summed E-state index contributed by atoms with van der Waals surface area (Å²) in [4.78, 5) is 3.29. The van der Waals surface area contributed by atoms with Crippen molar-refractivity contribution >= 4 is 6.08 Å². The summed E-state index contributed by atoms with van der Waals surface area (Å²) in [6.07, 6.45) is 5.71. The van der Waals surface area contributed by atoms with Gasteiger partial charge < -0.3 is 0 Å². The molecule has 70 valence electrons. The average Bonchev–Trinajstić information content (AvgIpc) is 2.21. The summed E-state index contributed by atoms with van der Waals surface area (Å²) >= 11 is 0. The third-order valence-corrected chi connectivity index (χ3v) is 1.88. The van der Waals surface area contributed by atoms with Gasteiger partial charge in [-0.1, -0.05) is 48.1 Å². The molecule has 0 amide bonds. The molecule has 1 rings (SSSR count). The van der Waals surface area contributed by atoms with Gasteiger partial charge >= 0.3 is 0 Å². The highest BCUT2D eigenvalue weighted by molar-refractivity contribution is 5.51. The summed E-state index contributed by atoms with van der Waals surface area (Å²) in [5.74, 6) is 0. The van der Waals surface area contributed by atoms with Crippen LogP contribution in [0.1, 0.15) is 18.1 Å². The predicted octanol–water partition coefficient (Wildman–Crippen LogP) is 3.83. The number of aryl methyl sites for hydroxylation is 1. The SMILES string of the molecule is [C-]#[N+]/C(C)=C\C=C\c1ccc(C)cc1. The highest BCUT2D eigenvalue weighted by atomic mass is 14.6. The Hall–Kier alpha value is -1.81. The minimum Gasteiger partial charge on any atom is -0.243 e. The molecule has 14 heavy (non-hydrogen) atoms. The highest BCUT2D eigenvalue weighted by Gasteiger charge is 1.85. The van der Waals surface area contributed by atoms with Gasteiger partial charge in [0.15, 0.2) is 5.70 Å². The highest BCUT2D eigenvalue weighted by Crippen LogP contribution is 2.05. The molecule has 1 aromatic carbocycles. The molecule has 0 saturated heterocycles. The minimum absolute atomic E-state index is 0.702. The Kier molecular flexibility index (Phi) is 3.69. The zero-order valence-corrected chi connectivity index (χ0v) is 8.49. The summed E-state index contributed by atoms with van der Waals surface area (Å²) < 4.78 is 0. The van der Waals surface area contributed by atoms with Crippen molar-refractivity contribution in [2.45, 2.75) is 13.8 Å². The molecule has 0 aromatic heterocycles. The van der Waals surface area contributed by atoms with E-state index in [-0.39, 0.29) is 0 Å². The van der Waals surface area contributed by atoms with Crippen LogP contribution in [0.3, 0.4) is 0 Å². The second kappa shape index (κ2) is 5.04. The standard InChI is InChI=1S/C13H13N/c1-11-7-9-13(10-8-11)6-4-5-12(2)14-3/h4-10H,1-2H3/b6-4+,12-5-. The van der Waals surface area contributed by atoms with E-state index in [9.17, 15) is 0 Å². The van der Waals surface area contributed by atoms with E-state index in [1.165, 1.54) is 5.56 Å². The van der Waals surface area contributed by atoms with Crippen LogP contribution in [0, 0.1) is 13.5 Å². The van der Waals surface area contributed by atoms with Crippen LogP contribution in [0.2, 0.25) is 0 Å². The molecule has 0 heterocycles. The van der Waals surface area contributed by atoms with Gasteiger partial charge in [0, 0.05) is 0 Å². The normalized spacial score (nSPS) is 11.6. The topological polar surface area (TPSA) is 4.36 Å². The molecule has 0 aliphatic heterocycles. The van der Waals surface area contributed by atoms with Crippen LogP contribution in [0.25, 0.3) is 10.9 Å². The second-order valence-corrected chi connectivity index (χ2v) is 3.19. The molecular formula is C13H13N. The molecule has 0 N–H and O–H groups in total. The van der Waals surface area contributed by atoms with E-state index >= 15 is 0 Å². The Morgan fingerprint density at radius 1 is 1.29 bits per heavy atom. The summed E-state index contributed by atoms with van der Waals surface area (Å²) in [5, 5.41) is 0. The number of rotatable bonds is 2. The lowest BCUT2D eigenvalue weighted by molar-refractivity contribution is 1.46. The van der Waals surface area contributed by atoms with Crippen LogP contribution in [-0.2, 0) is 0 Å². The van der Waals surface area contributed by atoms with Gasteiger partial charge in [-0.25, -0.2) is 4.85 Å². The zero-order valence-electron chi connectivity index (χ0n) is 8.49. The Morgan fingerprint density at radius 3 is 2.50 bits per heavy atom. The Bertz CT molecular complexity index is 388. The third-order valence-electron chi connectivity index (χ3n) is 1.88. The van der Waals surface area contributed by atoms with E-state index in [1.807, 2.05) is 18.2 Å². The van der Waals surface area contributed by atoms with Crippen molar-refractivity contribution in [3.8, 4) is 0 Å². The first-order chi connectivity index (χ1) is 6.72. The lowest BCUT2D eigenvalue weighted by Crippen LogP contribution is -1.72. The monoisotopic (exact) mass is 183 g/mol. The van der Waals surface area contributed by atoms with Crippen LogP contribution in [0.5, 0.6) is 0 Å². The molecule has 0 spiro atoms. The number of hydrogen-bond acceptors (Lipinski definition) is 0. The van der Waals surface area contributed by atoms with Crippen molar-refractivity contribution < 1.29 is 0 Å². The number of nitrogens with zero attached hydrogens (tertiary/aromatic N) is 1. The first-order valence-electron chi connectivity index (χ1n) is 4.51. The van der Waals surface area contributed by atoms with Gasteiger partial charge in [-0.05, 0) is 19.4 Å². The van der Waals surface area contributed by atoms with Crippen LogP contribution in [0.4, 0.5) is 0 Å². The van der Waals surface area contributed by atoms with Gasteiger partial charge in [-0.15, -0.1) is 0 Å². The van der Waals surface area contributed by atoms with E-state index in [0.717, 1.165) is 5.56 Å². The lowest BCUT2D eigenvalue weighted by Gasteiger charge is -1.93. The average molecular weight is 183 g/mol. The van der Waals surface area contributed by atoms with Crippen molar-refractivity contribution in [3.63, 3.8) is 0 Å². The summed E-state index contributed by atoms with van der Waals surface area (Å²) in [7, 11) is 0. The van der Waals surface area contributed by atoms with E-state index in [0.29, 0.717) is 5.70 Å². The summed E-state index contributed by atoms with van der Waals surface area (Å²) in [5.41, 5.74) is 3.12. The third kappa shape index (κ3) is 3.28. The van der Waals surface area contributed by atoms with Crippen LogP contribution < -0.4 is 0 Å². The molecule has 0 aliphatic rings. The van der Waals surface area contributed by atoms with Crippen molar-refractivity contribution in [2.24, 2.45) is 0 Å². The fourth-order valence-corrected chi connectivity index (χ4v) is 1.01. The molecule has 1 heteroatoms. The molecule has 0 unspecified atom stereocenters. The van der Waals surface area contributed by atoms with Gasteiger partial charge in [0.25, 0.3) is 0 Å². The zero-order chi connectivity index (χ0) is 10.4. The van der Waals surface area contributed by atoms with Gasteiger partial charge in [0.1, 0.15) is 0 Å². The summed E-state index contributed by atoms with van der Waals surface area (Å²) in [6.45, 7) is 10.6. The molecule has 0 aliphatic carbocycles. The smallest absolute Gasteiger partial charge is 0.162 e. The van der Waals surface area contributed by atoms with Crippen molar-refractivity contribution in [3.05, 3.63) is 64.7 Å². The van der Waals surface area contributed by atoms with Gasteiger partial charge in [-0.2, -0.15) is 0 Å². The Morgan fingerprint density at radius 2 is 1.93 bits per heavy atom. The van der Waals surface area contributed by atoms with Crippen molar-refractivity contribution in [1.82, 2.24) is 0 Å². The van der Waals surface area contributed by atoms with Crippen LogP contribution in [-0.4, -0.2) is 0 Å². The molecule has 0 radical (unpaired) electrons. The Balaban J connectivity index is 2.71. The predicted molar refractivity (Wildman–Crippen MR) is 60.6 cm³/mol. The number of hydrogen-bond donors (Lipinski definition) is 0. The maximum absolute atomic E-state index is 6.74. The Labute approximate surface area is 85.2 Å². The van der Waals surface area contributed by atoms with Gasteiger partial charge in [-0.3, -0.25) is 0 Å². The largest absolute Gasteiger partial charge is 0.243 e. The number of allylic oxidation sites excluding steroid dienone is 3. The lowest BCUT2D eigenvalue weighted by atomic mass is 10.1. The first kappa shape index (κ1) is 10.3. The molecular weight excluding hydrogens is 170 g/mol.